The minimum absolute atomic E-state index is 0.405. The van der Waals surface area contributed by atoms with Gasteiger partial charge in [0, 0.05) is 0 Å². The molecule has 0 spiro atoms. The Morgan fingerprint density at radius 2 is 1.47 bits per heavy atom. The summed E-state index contributed by atoms with van der Waals surface area (Å²) >= 11 is 0. The summed E-state index contributed by atoms with van der Waals surface area (Å²) in [7, 11) is -1.78. The van der Waals surface area contributed by atoms with Crippen LogP contribution < -0.4 is 9.39 Å². The Bertz CT molecular complexity index is 327. The van der Waals surface area contributed by atoms with Gasteiger partial charge in [-0.15, -0.1) is 0 Å². The average Bonchev–Trinajstić information content (AvgIpc) is 2.39. The van der Waals surface area contributed by atoms with Gasteiger partial charge in [0.05, 0.1) is 6.61 Å². The average molecular weight is 266 g/mol. The highest BCUT2D eigenvalue weighted by molar-refractivity contribution is 6.33. The molecule has 0 heterocycles. The first-order valence-corrected chi connectivity index (χ1v) is 6.98. The molecule has 0 amide bonds. The lowest BCUT2D eigenvalue weighted by molar-refractivity contribution is 0.286. The molecule has 0 aromatic heterocycles. The molecular weight excluding hydrogens is 243 g/mol. The van der Waals surface area contributed by atoms with Gasteiger partial charge in [-0.1, -0.05) is 39.0 Å². The molecule has 0 aliphatic heterocycles. The minimum atomic E-state index is -1.78. The molecule has 0 unspecified atom stereocenters. The third-order valence-corrected chi connectivity index (χ3v) is 2.83. The Balaban J connectivity index is 2.12. The van der Waals surface area contributed by atoms with Crippen molar-refractivity contribution < 1.29 is 19.4 Å². The number of rotatable bonds is 10. The molecule has 106 valence electrons. The molecule has 4 nitrogen and oxygen atoms in total. The maximum absolute atomic E-state index is 8.64. The van der Waals surface area contributed by atoms with Crippen LogP contribution in [0.3, 0.4) is 0 Å². The molecule has 0 aliphatic rings. The minimum Gasteiger partial charge on any atom is -0.512 e. The van der Waals surface area contributed by atoms with Gasteiger partial charge in [-0.2, -0.15) is 0 Å². The van der Waals surface area contributed by atoms with Gasteiger partial charge in [0.15, 0.2) is 0 Å². The van der Waals surface area contributed by atoms with E-state index in [1.165, 1.54) is 32.1 Å². The zero-order valence-corrected chi connectivity index (χ0v) is 11.5. The second-order valence-electron chi connectivity index (χ2n) is 4.53. The van der Waals surface area contributed by atoms with Crippen LogP contribution in [0.1, 0.15) is 45.4 Å². The second kappa shape index (κ2) is 9.70. The zero-order chi connectivity index (χ0) is 13.9. The van der Waals surface area contributed by atoms with E-state index in [0.29, 0.717) is 5.75 Å². The molecule has 1 rings (SSSR count). The topological polar surface area (TPSA) is 58.9 Å². The van der Waals surface area contributed by atoms with E-state index in [4.69, 9.17) is 19.4 Å². The second-order valence-corrected chi connectivity index (χ2v) is 4.53. The van der Waals surface area contributed by atoms with Crippen molar-refractivity contribution in [3.05, 3.63) is 24.3 Å². The van der Waals surface area contributed by atoms with Gasteiger partial charge in [-0.3, -0.25) is 0 Å². The Kier molecular flexibility index (Phi) is 8.10. The molecular formula is C14H23BO4. The molecule has 1 aromatic carbocycles. The largest absolute Gasteiger partial charge is 0.707 e. The van der Waals surface area contributed by atoms with Crippen LogP contribution in [0.15, 0.2) is 24.3 Å². The maximum Gasteiger partial charge on any atom is 0.707 e. The predicted molar refractivity (Wildman–Crippen MR) is 76.1 cm³/mol. The smallest absolute Gasteiger partial charge is 0.512 e. The van der Waals surface area contributed by atoms with Crippen LogP contribution in [0.4, 0.5) is 0 Å². The Morgan fingerprint density at radius 1 is 0.895 bits per heavy atom. The monoisotopic (exact) mass is 266 g/mol. The summed E-state index contributed by atoms with van der Waals surface area (Å²) in [5, 5.41) is 17.3. The summed E-state index contributed by atoms with van der Waals surface area (Å²) in [6, 6.07) is 6.82. The van der Waals surface area contributed by atoms with Gasteiger partial charge in [0.1, 0.15) is 11.5 Å². The summed E-state index contributed by atoms with van der Waals surface area (Å²) in [4.78, 5) is 0. The van der Waals surface area contributed by atoms with Crippen molar-refractivity contribution in [3.8, 4) is 11.5 Å². The van der Waals surface area contributed by atoms with Crippen LogP contribution in [-0.2, 0) is 0 Å². The van der Waals surface area contributed by atoms with Gasteiger partial charge >= 0.3 is 7.32 Å². The number of ether oxygens (including phenoxy) is 1. The molecule has 0 aliphatic carbocycles. The highest BCUT2D eigenvalue weighted by Gasteiger charge is 2.10. The molecule has 0 bridgehead atoms. The van der Waals surface area contributed by atoms with Crippen molar-refractivity contribution in [2.45, 2.75) is 45.4 Å². The van der Waals surface area contributed by atoms with Crippen LogP contribution in [0.2, 0.25) is 0 Å². The van der Waals surface area contributed by atoms with E-state index in [9.17, 15) is 0 Å². The Hall–Kier alpha value is -1.20. The Morgan fingerprint density at radius 3 is 2.11 bits per heavy atom. The summed E-state index contributed by atoms with van der Waals surface area (Å²) in [6.07, 6.45) is 7.45. The normalized spacial score (nSPS) is 10.3. The number of unbranched alkanes of at least 4 members (excludes halogenated alkanes) is 5. The van der Waals surface area contributed by atoms with E-state index in [-0.39, 0.29) is 0 Å². The fourth-order valence-corrected chi connectivity index (χ4v) is 1.81. The van der Waals surface area contributed by atoms with Gasteiger partial charge in [-0.05, 0) is 30.7 Å². The van der Waals surface area contributed by atoms with E-state index in [1.54, 1.807) is 24.3 Å². The standard InChI is InChI=1S/C14H23BO4/c1-2-3-4-5-6-7-12-18-13-8-10-14(11-9-13)19-15(16)17/h8-11,16-17H,2-7,12H2,1H3. The van der Waals surface area contributed by atoms with Crippen molar-refractivity contribution in [1.82, 2.24) is 0 Å². The van der Waals surface area contributed by atoms with E-state index < -0.39 is 7.32 Å². The third kappa shape index (κ3) is 7.75. The number of hydrogen-bond acceptors (Lipinski definition) is 4. The van der Waals surface area contributed by atoms with Gasteiger partial charge in [-0.25, -0.2) is 0 Å². The molecule has 0 saturated carbocycles. The van der Waals surface area contributed by atoms with Gasteiger partial charge in [0.25, 0.3) is 0 Å². The highest BCUT2D eigenvalue weighted by Crippen LogP contribution is 2.18. The first-order valence-electron chi connectivity index (χ1n) is 6.98. The lowest BCUT2D eigenvalue weighted by atomic mass is 10.1. The molecule has 19 heavy (non-hydrogen) atoms. The Labute approximate surface area is 115 Å². The van der Waals surface area contributed by atoms with Crippen LogP contribution in [-0.4, -0.2) is 24.0 Å². The summed E-state index contributed by atoms with van der Waals surface area (Å²) in [5.41, 5.74) is 0. The summed E-state index contributed by atoms with van der Waals surface area (Å²) in [5.74, 6) is 1.18. The molecule has 2 N–H and O–H groups in total. The third-order valence-electron chi connectivity index (χ3n) is 2.83. The van der Waals surface area contributed by atoms with Gasteiger partial charge < -0.3 is 19.4 Å². The maximum atomic E-state index is 8.64. The summed E-state index contributed by atoms with van der Waals surface area (Å²) in [6.45, 7) is 2.93. The van der Waals surface area contributed by atoms with E-state index in [2.05, 4.69) is 6.92 Å². The fourth-order valence-electron chi connectivity index (χ4n) is 1.81. The number of hydrogen-bond donors (Lipinski definition) is 2. The highest BCUT2D eigenvalue weighted by atomic mass is 16.6. The molecule has 0 atom stereocenters. The molecule has 0 fully saturated rings. The van der Waals surface area contributed by atoms with Crippen molar-refractivity contribution in [1.29, 1.82) is 0 Å². The van der Waals surface area contributed by atoms with E-state index >= 15 is 0 Å². The molecule has 5 heteroatoms. The lowest BCUT2D eigenvalue weighted by Crippen LogP contribution is -2.20. The van der Waals surface area contributed by atoms with Crippen LogP contribution in [0.5, 0.6) is 11.5 Å². The quantitative estimate of drug-likeness (QED) is 0.505. The SMILES string of the molecule is CCCCCCCCOc1ccc(OB(O)O)cc1. The molecule has 0 radical (unpaired) electrons. The van der Waals surface area contributed by atoms with Crippen molar-refractivity contribution in [3.63, 3.8) is 0 Å². The number of benzene rings is 1. The van der Waals surface area contributed by atoms with Crippen molar-refractivity contribution >= 4 is 7.32 Å². The van der Waals surface area contributed by atoms with E-state index in [1.807, 2.05) is 0 Å². The van der Waals surface area contributed by atoms with Gasteiger partial charge in [0.2, 0.25) is 0 Å². The molecule has 0 saturated heterocycles. The van der Waals surface area contributed by atoms with Crippen molar-refractivity contribution in [2.75, 3.05) is 6.61 Å². The predicted octanol–water partition coefficient (Wildman–Crippen LogP) is 2.77. The zero-order valence-electron chi connectivity index (χ0n) is 11.5. The fraction of sp³-hybridized carbons (Fsp3) is 0.571. The summed E-state index contributed by atoms with van der Waals surface area (Å²) < 4.78 is 10.3. The van der Waals surface area contributed by atoms with Crippen LogP contribution in [0.25, 0.3) is 0 Å². The molecule has 1 aromatic rings. The lowest BCUT2D eigenvalue weighted by Gasteiger charge is -2.08. The van der Waals surface area contributed by atoms with Crippen molar-refractivity contribution in [2.24, 2.45) is 0 Å². The van der Waals surface area contributed by atoms with Crippen LogP contribution >= 0.6 is 0 Å². The first-order chi connectivity index (χ1) is 9.22. The van der Waals surface area contributed by atoms with Crippen LogP contribution in [0, 0.1) is 0 Å². The van der Waals surface area contributed by atoms with E-state index in [0.717, 1.165) is 18.8 Å². The first kappa shape index (κ1) is 15.9.